The van der Waals surface area contributed by atoms with E-state index in [2.05, 4.69) is 15.2 Å². The Hall–Kier alpha value is -2.46. The molecule has 0 bridgehead atoms. The van der Waals surface area contributed by atoms with Crippen LogP contribution in [0.1, 0.15) is 31.2 Å². The number of carbonyl (C=O) groups excluding carboxylic acids is 1. The molecule has 3 rings (SSSR count). The van der Waals surface area contributed by atoms with Crippen LogP contribution in [0, 0.1) is 19.7 Å². The number of hydrogen-bond donors (Lipinski definition) is 2. The predicted octanol–water partition coefficient (Wildman–Crippen LogP) is 2.20. The van der Waals surface area contributed by atoms with Crippen molar-refractivity contribution in [2.24, 2.45) is 0 Å². The Bertz CT molecular complexity index is 947. The summed E-state index contributed by atoms with van der Waals surface area (Å²) in [5.41, 5.74) is 1.08. The highest BCUT2D eigenvalue weighted by Gasteiger charge is 2.31. The van der Waals surface area contributed by atoms with Crippen molar-refractivity contribution in [2.75, 3.05) is 18.4 Å². The van der Waals surface area contributed by atoms with E-state index >= 15 is 0 Å². The van der Waals surface area contributed by atoms with Crippen LogP contribution in [0.2, 0.25) is 0 Å². The number of aromatic nitrogens is 1. The molecule has 1 amide bonds. The van der Waals surface area contributed by atoms with E-state index in [1.807, 2.05) is 0 Å². The number of nitrogens with zero attached hydrogens (tertiary/aromatic N) is 2. The van der Waals surface area contributed by atoms with Gasteiger partial charge in [0, 0.05) is 24.8 Å². The molecule has 8 nitrogen and oxygen atoms in total. The minimum absolute atomic E-state index is 0.0284. The van der Waals surface area contributed by atoms with Crippen LogP contribution < -0.4 is 10.0 Å². The summed E-state index contributed by atoms with van der Waals surface area (Å²) in [6, 6.07) is 5.41. The molecule has 2 heterocycles. The van der Waals surface area contributed by atoms with Crippen LogP contribution in [0.15, 0.2) is 33.7 Å². The average Bonchev–Trinajstić information content (AvgIpc) is 3.02. The van der Waals surface area contributed by atoms with E-state index in [4.69, 9.17) is 4.52 Å². The van der Waals surface area contributed by atoms with E-state index in [9.17, 15) is 17.6 Å². The molecule has 158 valence electrons. The van der Waals surface area contributed by atoms with Crippen LogP contribution in [-0.4, -0.2) is 49.6 Å². The van der Waals surface area contributed by atoms with Crippen LogP contribution in [0.3, 0.4) is 0 Å². The lowest BCUT2D eigenvalue weighted by Crippen LogP contribution is -2.50. The number of rotatable bonds is 6. The number of carbonyl (C=O) groups is 1. The highest BCUT2D eigenvalue weighted by atomic mass is 32.2. The Kier molecular flexibility index (Phi) is 6.23. The van der Waals surface area contributed by atoms with E-state index in [0.717, 1.165) is 5.69 Å². The van der Waals surface area contributed by atoms with Crippen molar-refractivity contribution in [3.8, 4) is 0 Å². The Labute approximate surface area is 169 Å². The summed E-state index contributed by atoms with van der Waals surface area (Å²) in [4.78, 5) is 14.3. The van der Waals surface area contributed by atoms with E-state index in [1.165, 1.54) is 32.9 Å². The van der Waals surface area contributed by atoms with Gasteiger partial charge in [-0.2, -0.15) is 4.72 Å². The Morgan fingerprint density at radius 2 is 1.86 bits per heavy atom. The van der Waals surface area contributed by atoms with Crippen LogP contribution in [0.4, 0.5) is 10.1 Å². The average molecular weight is 424 g/mol. The molecule has 0 unspecified atom stereocenters. The number of benzene rings is 1. The number of anilines is 1. The van der Waals surface area contributed by atoms with Crippen LogP contribution >= 0.6 is 0 Å². The molecule has 1 saturated heterocycles. The zero-order valence-corrected chi connectivity index (χ0v) is 17.4. The lowest BCUT2D eigenvalue weighted by molar-refractivity contribution is -0.133. The van der Waals surface area contributed by atoms with Gasteiger partial charge in [0.25, 0.3) is 0 Å². The van der Waals surface area contributed by atoms with E-state index in [1.54, 1.807) is 17.0 Å². The zero-order valence-electron chi connectivity index (χ0n) is 16.6. The van der Waals surface area contributed by atoms with Gasteiger partial charge >= 0.3 is 0 Å². The maximum absolute atomic E-state index is 13.0. The van der Waals surface area contributed by atoms with Gasteiger partial charge in [0.2, 0.25) is 15.9 Å². The maximum Gasteiger partial charge on any atom is 0.246 e. The molecule has 0 radical (unpaired) electrons. The molecular formula is C19H25FN4O4S. The van der Waals surface area contributed by atoms with Crippen molar-refractivity contribution in [3.05, 3.63) is 41.5 Å². The number of piperidine rings is 1. The van der Waals surface area contributed by atoms with Crippen molar-refractivity contribution >= 4 is 21.6 Å². The summed E-state index contributed by atoms with van der Waals surface area (Å²) < 4.78 is 45.5. The summed E-state index contributed by atoms with van der Waals surface area (Å²) in [7, 11) is -3.91. The fraction of sp³-hybridized carbons (Fsp3) is 0.474. The summed E-state index contributed by atoms with van der Waals surface area (Å²) in [6.45, 7) is 5.60. The molecular weight excluding hydrogens is 399 g/mol. The monoisotopic (exact) mass is 424 g/mol. The molecule has 1 atom stereocenters. The molecule has 29 heavy (non-hydrogen) atoms. The summed E-state index contributed by atoms with van der Waals surface area (Å²) >= 11 is 0. The highest BCUT2D eigenvalue weighted by molar-refractivity contribution is 7.89. The van der Waals surface area contributed by atoms with Crippen molar-refractivity contribution in [1.82, 2.24) is 14.8 Å². The maximum atomic E-state index is 13.0. The fourth-order valence-electron chi connectivity index (χ4n) is 3.50. The molecule has 2 aromatic rings. The van der Waals surface area contributed by atoms with Crippen molar-refractivity contribution in [1.29, 1.82) is 0 Å². The molecule has 1 aliphatic heterocycles. The first-order chi connectivity index (χ1) is 13.7. The number of halogens is 1. The van der Waals surface area contributed by atoms with Gasteiger partial charge in [-0.15, -0.1) is 0 Å². The second-order valence-corrected chi connectivity index (χ2v) is 8.90. The minimum Gasteiger partial charge on any atom is -0.382 e. The Morgan fingerprint density at radius 1 is 1.24 bits per heavy atom. The second-order valence-electron chi connectivity index (χ2n) is 7.25. The van der Waals surface area contributed by atoms with Gasteiger partial charge in [-0.25, -0.2) is 12.8 Å². The lowest BCUT2D eigenvalue weighted by atomic mass is 10.0. The highest BCUT2D eigenvalue weighted by Crippen LogP contribution is 2.20. The first-order valence-corrected chi connectivity index (χ1v) is 10.9. The van der Waals surface area contributed by atoms with Gasteiger partial charge in [-0.1, -0.05) is 5.16 Å². The van der Waals surface area contributed by atoms with Crippen molar-refractivity contribution < 1.29 is 22.1 Å². The van der Waals surface area contributed by atoms with Crippen LogP contribution in [-0.2, 0) is 14.8 Å². The first kappa shape index (κ1) is 21.3. The molecule has 1 aliphatic rings. The molecule has 1 aromatic heterocycles. The number of nitrogens with one attached hydrogen (secondary N) is 2. The fourth-order valence-corrected chi connectivity index (χ4v) is 5.03. The molecule has 1 fully saturated rings. The standard InChI is InChI=1S/C19H25FN4O4S/c1-12-18(14(3)28-22-12)29(26,27)23-13(2)19(25)24-10-8-17(9-11-24)21-16-6-4-15(20)5-7-16/h4-7,13,17,21,23H,8-11H2,1-3H3/t13-/m0/s1. The number of sulfonamides is 1. The molecule has 0 saturated carbocycles. The summed E-state index contributed by atoms with van der Waals surface area (Å²) in [5, 5.41) is 6.99. The van der Waals surface area contributed by atoms with Gasteiger partial charge in [0.05, 0.1) is 6.04 Å². The topological polar surface area (TPSA) is 105 Å². The van der Waals surface area contributed by atoms with Crippen molar-refractivity contribution in [3.63, 3.8) is 0 Å². The Morgan fingerprint density at radius 3 is 2.41 bits per heavy atom. The quantitative estimate of drug-likeness (QED) is 0.737. The normalized spacial score (nSPS) is 16.6. The number of aryl methyl sites for hydroxylation is 2. The number of hydrogen-bond acceptors (Lipinski definition) is 6. The van der Waals surface area contributed by atoms with Gasteiger partial charge < -0.3 is 14.7 Å². The summed E-state index contributed by atoms with van der Waals surface area (Å²) in [5.74, 6) is -0.383. The van der Waals surface area contributed by atoms with Gasteiger partial charge in [-0.05, 0) is 57.9 Å². The minimum atomic E-state index is -3.91. The van der Waals surface area contributed by atoms with E-state index in [-0.39, 0.29) is 34.1 Å². The molecule has 2 N–H and O–H groups in total. The van der Waals surface area contributed by atoms with Gasteiger partial charge in [0.1, 0.15) is 16.4 Å². The smallest absolute Gasteiger partial charge is 0.246 e. The zero-order chi connectivity index (χ0) is 21.2. The molecule has 1 aromatic carbocycles. The number of amides is 1. The summed E-state index contributed by atoms with van der Waals surface area (Å²) in [6.07, 6.45) is 1.43. The second kappa shape index (κ2) is 8.50. The number of likely N-dealkylation sites (tertiary alicyclic amines) is 1. The van der Waals surface area contributed by atoms with Crippen LogP contribution in [0.5, 0.6) is 0 Å². The Balaban J connectivity index is 1.55. The SMILES string of the molecule is Cc1noc(C)c1S(=O)(=O)N[C@@H](C)C(=O)N1CCC(Nc2ccc(F)cc2)CC1. The molecule has 0 aliphatic carbocycles. The van der Waals surface area contributed by atoms with Crippen molar-refractivity contribution in [2.45, 2.75) is 50.6 Å². The third-order valence-corrected chi connectivity index (χ3v) is 6.74. The van der Waals surface area contributed by atoms with E-state index < -0.39 is 16.1 Å². The first-order valence-electron chi connectivity index (χ1n) is 9.43. The largest absolute Gasteiger partial charge is 0.382 e. The molecule has 0 spiro atoms. The predicted molar refractivity (Wildman–Crippen MR) is 105 cm³/mol. The van der Waals surface area contributed by atoms with Crippen LogP contribution in [0.25, 0.3) is 0 Å². The third-order valence-electron chi connectivity index (χ3n) is 4.96. The third kappa shape index (κ3) is 4.94. The van der Waals surface area contributed by atoms with Gasteiger partial charge in [0.15, 0.2) is 5.76 Å². The van der Waals surface area contributed by atoms with E-state index in [0.29, 0.717) is 25.9 Å². The lowest BCUT2D eigenvalue weighted by Gasteiger charge is -2.34. The van der Waals surface area contributed by atoms with Gasteiger partial charge in [-0.3, -0.25) is 4.79 Å². The molecule has 10 heteroatoms.